The smallest absolute Gasteiger partial charge is 0.190 e. The summed E-state index contributed by atoms with van der Waals surface area (Å²) in [6.45, 7) is 1.43. The summed E-state index contributed by atoms with van der Waals surface area (Å²) in [5.74, 6) is -0.497. The Balaban J connectivity index is 2.89. The van der Waals surface area contributed by atoms with E-state index >= 15 is 0 Å². The van der Waals surface area contributed by atoms with Crippen LogP contribution in [0.25, 0.3) is 0 Å². The molecule has 12 heavy (non-hydrogen) atoms. The SMILES string of the molecule is CC(=O)Sc1ccc(Cl)c(F)c1. The van der Waals surface area contributed by atoms with E-state index in [1.807, 2.05) is 0 Å². The highest BCUT2D eigenvalue weighted by atomic mass is 35.5. The van der Waals surface area contributed by atoms with Crippen molar-refractivity contribution in [3.63, 3.8) is 0 Å². The van der Waals surface area contributed by atoms with Crippen LogP contribution in [0, 0.1) is 5.82 Å². The summed E-state index contributed by atoms with van der Waals surface area (Å²) in [5.41, 5.74) is 0. The zero-order chi connectivity index (χ0) is 9.14. The van der Waals surface area contributed by atoms with Gasteiger partial charge in [0.05, 0.1) is 5.02 Å². The summed E-state index contributed by atoms with van der Waals surface area (Å²) in [7, 11) is 0. The lowest BCUT2D eigenvalue weighted by atomic mass is 10.3. The van der Waals surface area contributed by atoms with Crippen molar-refractivity contribution in [1.29, 1.82) is 0 Å². The van der Waals surface area contributed by atoms with Crippen LogP contribution in [0.15, 0.2) is 23.1 Å². The Morgan fingerprint density at radius 3 is 2.75 bits per heavy atom. The number of benzene rings is 1. The van der Waals surface area contributed by atoms with Gasteiger partial charge in [-0.1, -0.05) is 23.4 Å². The lowest BCUT2D eigenvalue weighted by Crippen LogP contribution is -1.83. The summed E-state index contributed by atoms with van der Waals surface area (Å²) in [6.07, 6.45) is 0. The predicted molar refractivity (Wildman–Crippen MR) is 47.9 cm³/mol. The van der Waals surface area contributed by atoms with Gasteiger partial charge < -0.3 is 0 Å². The molecule has 0 unspecified atom stereocenters. The van der Waals surface area contributed by atoms with Crippen molar-refractivity contribution in [3.8, 4) is 0 Å². The van der Waals surface area contributed by atoms with Gasteiger partial charge in [-0.3, -0.25) is 4.79 Å². The lowest BCUT2D eigenvalue weighted by Gasteiger charge is -1.97. The second-order valence-electron chi connectivity index (χ2n) is 2.17. The fourth-order valence-corrected chi connectivity index (χ4v) is 1.45. The Bertz CT molecular complexity index is 314. The van der Waals surface area contributed by atoms with Gasteiger partial charge in [0.15, 0.2) is 5.12 Å². The fourth-order valence-electron chi connectivity index (χ4n) is 0.706. The average molecular weight is 205 g/mol. The van der Waals surface area contributed by atoms with E-state index in [1.165, 1.54) is 19.1 Å². The number of carbonyl (C=O) groups is 1. The molecule has 0 aromatic heterocycles. The molecule has 1 rings (SSSR count). The first-order valence-corrected chi connectivity index (χ1v) is 4.42. The molecule has 0 fully saturated rings. The summed E-state index contributed by atoms with van der Waals surface area (Å²) in [4.78, 5) is 11.2. The van der Waals surface area contributed by atoms with Gasteiger partial charge in [-0.15, -0.1) is 0 Å². The summed E-state index contributed by atoms with van der Waals surface area (Å²) in [5, 5.41) is -0.000348. The summed E-state index contributed by atoms with van der Waals surface area (Å²) < 4.78 is 12.8. The van der Waals surface area contributed by atoms with Crippen molar-refractivity contribution in [2.45, 2.75) is 11.8 Å². The Morgan fingerprint density at radius 1 is 1.58 bits per heavy atom. The number of carbonyl (C=O) groups excluding carboxylic acids is 1. The summed E-state index contributed by atoms with van der Waals surface area (Å²) >= 11 is 6.43. The van der Waals surface area contributed by atoms with E-state index in [-0.39, 0.29) is 10.1 Å². The monoisotopic (exact) mass is 204 g/mol. The zero-order valence-corrected chi connectivity index (χ0v) is 7.88. The van der Waals surface area contributed by atoms with Crippen molar-refractivity contribution in [1.82, 2.24) is 0 Å². The molecule has 0 aliphatic rings. The summed E-state index contributed by atoms with van der Waals surface area (Å²) in [6, 6.07) is 4.29. The van der Waals surface area contributed by atoms with Crippen LogP contribution in [0.3, 0.4) is 0 Å². The van der Waals surface area contributed by atoms with Gasteiger partial charge in [0.1, 0.15) is 5.82 Å². The highest BCUT2D eigenvalue weighted by Crippen LogP contribution is 2.23. The molecule has 0 saturated carbocycles. The Labute approximate surface area is 78.9 Å². The highest BCUT2D eigenvalue weighted by molar-refractivity contribution is 8.13. The van der Waals surface area contributed by atoms with E-state index in [1.54, 1.807) is 6.07 Å². The maximum absolute atomic E-state index is 12.8. The number of thioether (sulfide) groups is 1. The molecule has 1 aromatic rings. The maximum Gasteiger partial charge on any atom is 0.190 e. The number of hydrogen-bond acceptors (Lipinski definition) is 2. The molecule has 0 bridgehead atoms. The van der Waals surface area contributed by atoms with Gasteiger partial charge in [-0.25, -0.2) is 4.39 Å². The van der Waals surface area contributed by atoms with E-state index in [0.717, 1.165) is 11.8 Å². The minimum Gasteiger partial charge on any atom is -0.287 e. The van der Waals surface area contributed by atoms with Crippen molar-refractivity contribution in [3.05, 3.63) is 29.0 Å². The third-order valence-corrected chi connectivity index (χ3v) is 2.24. The van der Waals surface area contributed by atoms with Crippen molar-refractivity contribution in [2.24, 2.45) is 0 Å². The topological polar surface area (TPSA) is 17.1 Å². The van der Waals surface area contributed by atoms with Gasteiger partial charge in [0.25, 0.3) is 0 Å². The molecule has 0 aliphatic heterocycles. The standard InChI is InChI=1S/C8H6ClFOS/c1-5(11)12-6-2-3-7(9)8(10)4-6/h2-4H,1H3. The van der Waals surface area contributed by atoms with E-state index < -0.39 is 5.82 Å². The molecule has 4 heteroatoms. The Kier molecular flexibility index (Phi) is 3.12. The normalized spacial score (nSPS) is 9.92. The van der Waals surface area contributed by atoms with E-state index in [4.69, 9.17) is 11.6 Å². The van der Waals surface area contributed by atoms with Gasteiger partial charge in [-0.2, -0.15) is 0 Å². The van der Waals surface area contributed by atoms with Gasteiger partial charge in [0, 0.05) is 11.8 Å². The van der Waals surface area contributed by atoms with Crippen LogP contribution in [0.1, 0.15) is 6.92 Å². The average Bonchev–Trinajstić information content (AvgIpc) is 1.96. The highest BCUT2D eigenvalue weighted by Gasteiger charge is 2.02. The first-order chi connectivity index (χ1) is 5.59. The molecule has 1 nitrogen and oxygen atoms in total. The molecule has 0 spiro atoms. The molecule has 0 amide bonds. The third kappa shape index (κ3) is 2.50. The molecule has 1 aromatic carbocycles. The molecule has 0 N–H and O–H groups in total. The van der Waals surface area contributed by atoms with Gasteiger partial charge >= 0.3 is 0 Å². The number of hydrogen-bond donors (Lipinski definition) is 0. The van der Waals surface area contributed by atoms with Crippen LogP contribution < -0.4 is 0 Å². The van der Waals surface area contributed by atoms with Crippen molar-refractivity contribution >= 4 is 28.5 Å². The molecule has 64 valence electrons. The van der Waals surface area contributed by atoms with Gasteiger partial charge in [0.2, 0.25) is 0 Å². The second kappa shape index (κ2) is 3.92. The van der Waals surface area contributed by atoms with Crippen molar-refractivity contribution < 1.29 is 9.18 Å². The van der Waals surface area contributed by atoms with Crippen molar-refractivity contribution in [2.75, 3.05) is 0 Å². The first kappa shape index (κ1) is 9.55. The van der Waals surface area contributed by atoms with Crippen LogP contribution in [0.2, 0.25) is 5.02 Å². The van der Waals surface area contributed by atoms with E-state index in [2.05, 4.69) is 0 Å². The number of halogens is 2. The molecular weight excluding hydrogens is 199 g/mol. The predicted octanol–water partition coefficient (Wildman–Crippen LogP) is 3.12. The van der Waals surface area contributed by atoms with Crippen LogP contribution in [-0.4, -0.2) is 5.12 Å². The molecule has 0 aliphatic carbocycles. The molecule has 0 saturated heterocycles. The van der Waals surface area contributed by atoms with Crippen LogP contribution >= 0.6 is 23.4 Å². The lowest BCUT2D eigenvalue weighted by molar-refractivity contribution is -0.109. The first-order valence-electron chi connectivity index (χ1n) is 3.23. The molecular formula is C8H6ClFOS. The van der Waals surface area contributed by atoms with E-state index in [9.17, 15) is 9.18 Å². The Hall–Kier alpha value is -0.540. The van der Waals surface area contributed by atoms with Crippen LogP contribution in [0.5, 0.6) is 0 Å². The fraction of sp³-hybridized carbons (Fsp3) is 0.125. The van der Waals surface area contributed by atoms with Crippen LogP contribution in [-0.2, 0) is 4.79 Å². The van der Waals surface area contributed by atoms with E-state index in [0.29, 0.717) is 4.90 Å². The molecule has 0 atom stereocenters. The molecule has 0 radical (unpaired) electrons. The minimum atomic E-state index is -0.497. The Morgan fingerprint density at radius 2 is 2.25 bits per heavy atom. The molecule has 0 heterocycles. The largest absolute Gasteiger partial charge is 0.287 e. The third-order valence-electron chi connectivity index (χ3n) is 1.15. The number of rotatable bonds is 1. The van der Waals surface area contributed by atoms with Crippen LogP contribution in [0.4, 0.5) is 4.39 Å². The minimum absolute atomic E-state index is 0.0721. The second-order valence-corrected chi connectivity index (χ2v) is 3.83. The zero-order valence-electron chi connectivity index (χ0n) is 6.30. The quantitative estimate of drug-likeness (QED) is 0.654. The maximum atomic E-state index is 12.8. The van der Waals surface area contributed by atoms with Gasteiger partial charge in [-0.05, 0) is 18.2 Å².